The highest BCUT2D eigenvalue weighted by atomic mass is 16.5. The minimum atomic E-state index is 0.319. The Balaban J connectivity index is 1.85. The van der Waals surface area contributed by atoms with Crippen LogP contribution < -0.4 is 5.32 Å². The van der Waals surface area contributed by atoms with E-state index in [0.717, 1.165) is 42.0 Å². The summed E-state index contributed by atoms with van der Waals surface area (Å²) < 4.78 is 5.57. The van der Waals surface area contributed by atoms with Gasteiger partial charge in [-0.25, -0.2) is 9.97 Å². The molecule has 2 atom stereocenters. The number of rotatable bonds is 2. The molecule has 0 saturated carbocycles. The first kappa shape index (κ1) is 12.4. The summed E-state index contributed by atoms with van der Waals surface area (Å²) in [6, 6.07) is 8.41. The zero-order valence-corrected chi connectivity index (χ0v) is 11.4. The fourth-order valence-electron chi connectivity index (χ4n) is 2.55. The van der Waals surface area contributed by atoms with Gasteiger partial charge in [0.05, 0.1) is 22.8 Å². The summed E-state index contributed by atoms with van der Waals surface area (Å²) >= 11 is 0. The maximum atomic E-state index is 5.57. The van der Waals surface area contributed by atoms with Crippen LogP contribution in [-0.4, -0.2) is 28.7 Å². The van der Waals surface area contributed by atoms with Gasteiger partial charge in [-0.1, -0.05) is 12.1 Å². The van der Waals surface area contributed by atoms with Crippen molar-refractivity contribution in [2.45, 2.75) is 38.8 Å². The Kier molecular flexibility index (Phi) is 3.34. The molecule has 2 aromatic rings. The Bertz CT molecular complexity index is 585. The Morgan fingerprint density at radius 2 is 1.95 bits per heavy atom. The lowest BCUT2D eigenvalue weighted by Crippen LogP contribution is -2.33. The van der Waals surface area contributed by atoms with Crippen molar-refractivity contribution in [2.24, 2.45) is 0 Å². The first-order chi connectivity index (χ1) is 9.22. The third kappa shape index (κ3) is 2.68. The van der Waals surface area contributed by atoms with E-state index in [1.54, 1.807) is 0 Å². The number of hydrogen-bond donors (Lipinski definition) is 1. The molecule has 1 N–H and O–H groups in total. The number of hydrogen-bond acceptors (Lipinski definition) is 4. The van der Waals surface area contributed by atoms with Gasteiger partial charge in [0.15, 0.2) is 0 Å². The Morgan fingerprint density at radius 3 is 2.68 bits per heavy atom. The fourth-order valence-corrected chi connectivity index (χ4v) is 2.55. The number of nitrogens with zero attached hydrogens (tertiary/aromatic N) is 2. The van der Waals surface area contributed by atoms with Crippen LogP contribution in [0.15, 0.2) is 24.3 Å². The average Bonchev–Trinajstić information content (AvgIpc) is 2.40. The third-order valence-electron chi connectivity index (χ3n) is 3.57. The first-order valence-electron chi connectivity index (χ1n) is 6.84. The van der Waals surface area contributed by atoms with Crippen LogP contribution >= 0.6 is 0 Å². The Hall–Kier alpha value is -1.68. The monoisotopic (exact) mass is 257 g/mol. The minimum absolute atomic E-state index is 0.319. The van der Waals surface area contributed by atoms with E-state index >= 15 is 0 Å². The summed E-state index contributed by atoms with van der Waals surface area (Å²) in [5.74, 6) is 0.901. The summed E-state index contributed by atoms with van der Waals surface area (Å²) in [4.78, 5) is 9.28. The SMILES string of the molecule is Cc1nc2ccccc2nc1NC1CCOC(C)C1. The maximum absolute atomic E-state index is 5.57. The molecular weight excluding hydrogens is 238 g/mol. The van der Waals surface area contributed by atoms with Crippen LogP contribution in [0.2, 0.25) is 0 Å². The molecule has 100 valence electrons. The highest BCUT2D eigenvalue weighted by Gasteiger charge is 2.20. The van der Waals surface area contributed by atoms with Gasteiger partial charge in [0, 0.05) is 12.6 Å². The van der Waals surface area contributed by atoms with Crippen LogP contribution in [0.3, 0.4) is 0 Å². The topological polar surface area (TPSA) is 47.0 Å². The van der Waals surface area contributed by atoms with Crippen molar-refractivity contribution in [2.75, 3.05) is 11.9 Å². The van der Waals surface area contributed by atoms with E-state index in [2.05, 4.69) is 22.2 Å². The number of para-hydroxylation sites is 2. The number of ether oxygens (including phenoxy) is 1. The average molecular weight is 257 g/mol. The fraction of sp³-hybridized carbons (Fsp3) is 0.467. The summed E-state index contributed by atoms with van der Waals surface area (Å²) in [5, 5.41) is 3.52. The molecule has 1 fully saturated rings. The molecule has 0 amide bonds. The molecule has 2 unspecified atom stereocenters. The lowest BCUT2D eigenvalue weighted by molar-refractivity contribution is 0.0231. The number of aryl methyl sites for hydroxylation is 1. The van der Waals surface area contributed by atoms with Gasteiger partial charge in [-0.2, -0.15) is 0 Å². The van der Waals surface area contributed by atoms with Gasteiger partial charge in [0.1, 0.15) is 5.82 Å². The standard InChI is InChI=1S/C15H19N3O/c1-10-9-12(7-8-19-10)17-15-11(2)16-13-5-3-4-6-14(13)18-15/h3-6,10,12H,7-9H2,1-2H3,(H,17,18). The van der Waals surface area contributed by atoms with Gasteiger partial charge < -0.3 is 10.1 Å². The van der Waals surface area contributed by atoms with Crippen molar-refractivity contribution in [3.63, 3.8) is 0 Å². The van der Waals surface area contributed by atoms with E-state index in [0.29, 0.717) is 12.1 Å². The van der Waals surface area contributed by atoms with Crippen LogP contribution in [-0.2, 0) is 4.74 Å². The summed E-state index contributed by atoms with van der Waals surface area (Å²) in [7, 11) is 0. The molecule has 1 aliphatic rings. The first-order valence-corrected chi connectivity index (χ1v) is 6.84. The Labute approximate surface area is 113 Å². The highest BCUT2D eigenvalue weighted by molar-refractivity contribution is 5.76. The van der Waals surface area contributed by atoms with E-state index in [4.69, 9.17) is 4.74 Å². The summed E-state index contributed by atoms with van der Waals surface area (Å²) in [5.41, 5.74) is 2.85. The van der Waals surface area contributed by atoms with Gasteiger partial charge in [0.2, 0.25) is 0 Å². The Morgan fingerprint density at radius 1 is 1.21 bits per heavy atom. The zero-order valence-electron chi connectivity index (χ0n) is 11.4. The van der Waals surface area contributed by atoms with E-state index in [9.17, 15) is 0 Å². The van der Waals surface area contributed by atoms with E-state index < -0.39 is 0 Å². The molecule has 4 heteroatoms. The van der Waals surface area contributed by atoms with Crippen LogP contribution in [0.5, 0.6) is 0 Å². The molecule has 1 aromatic carbocycles. The molecule has 19 heavy (non-hydrogen) atoms. The predicted octanol–water partition coefficient (Wildman–Crippen LogP) is 2.92. The minimum Gasteiger partial charge on any atom is -0.378 e. The van der Waals surface area contributed by atoms with E-state index in [1.807, 2.05) is 31.2 Å². The molecule has 0 aliphatic carbocycles. The van der Waals surface area contributed by atoms with Crippen molar-refractivity contribution < 1.29 is 4.74 Å². The molecule has 1 saturated heterocycles. The molecular formula is C15H19N3O. The predicted molar refractivity (Wildman–Crippen MR) is 76.3 cm³/mol. The summed E-state index contributed by atoms with van der Waals surface area (Å²) in [6.07, 6.45) is 2.37. The number of nitrogens with one attached hydrogen (secondary N) is 1. The molecule has 1 aromatic heterocycles. The number of fused-ring (bicyclic) bond motifs is 1. The van der Waals surface area contributed by atoms with Crippen molar-refractivity contribution in [1.29, 1.82) is 0 Å². The van der Waals surface area contributed by atoms with Crippen LogP contribution in [0.4, 0.5) is 5.82 Å². The second-order valence-electron chi connectivity index (χ2n) is 5.19. The molecule has 4 nitrogen and oxygen atoms in total. The normalized spacial score (nSPS) is 23.5. The third-order valence-corrected chi connectivity index (χ3v) is 3.57. The van der Waals surface area contributed by atoms with Crippen LogP contribution in [0, 0.1) is 6.92 Å². The van der Waals surface area contributed by atoms with E-state index in [1.165, 1.54) is 0 Å². The number of aromatic nitrogens is 2. The smallest absolute Gasteiger partial charge is 0.148 e. The van der Waals surface area contributed by atoms with Crippen molar-refractivity contribution in [3.8, 4) is 0 Å². The van der Waals surface area contributed by atoms with Gasteiger partial charge in [-0.3, -0.25) is 0 Å². The van der Waals surface area contributed by atoms with Crippen molar-refractivity contribution in [1.82, 2.24) is 9.97 Å². The second-order valence-corrected chi connectivity index (χ2v) is 5.19. The van der Waals surface area contributed by atoms with Gasteiger partial charge in [0.25, 0.3) is 0 Å². The number of anilines is 1. The molecule has 0 bridgehead atoms. The lowest BCUT2D eigenvalue weighted by Gasteiger charge is -2.28. The van der Waals surface area contributed by atoms with Crippen LogP contribution in [0.1, 0.15) is 25.5 Å². The maximum Gasteiger partial charge on any atom is 0.148 e. The molecule has 2 heterocycles. The second kappa shape index (κ2) is 5.13. The number of benzene rings is 1. The molecule has 3 rings (SSSR count). The lowest BCUT2D eigenvalue weighted by atomic mass is 10.0. The quantitative estimate of drug-likeness (QED) is 0.898. The van der Waals surface area contributed by atoms with E-state index in [-0.39, 0.29) is 0 Å². The molecule has 0 spiro atoms. The van der Waals surface area contributed by atoms with Crippen molar-refractivity contribution in [3.05, 3.63) is 30.0 Å². The highest BCUT2D eigenvalue weighted by Crippen LogP contribution is 2.21. The molecule has 0 radical (unpaired) electrons. The van der Waals surface area contributed by atoms with Gasteiger partial charge >= 0.3 is 0 Å². The van der Waals surface area contributed by atoms with Crippen molar-refractivity contribution >= 4 is 16.9 Å². The van der Waals surface area contributed by atoms with Gasteiger partial charge in [-0.05, 0) is 38.8 Å². The largest absolute Gasteiger partial charge is 0.378 e. The zero-order chi connectivity index (χ0) is 13.2. The molecule has 1 aliphatic heterocycles. The van der Waals surface area contributed by atoms with Gasteiger partial charge in [-0.15, -0.1) is 0 Å². The summed E-state index contributed by atoms with van der Waals surface area (Å²) in [6.45, 7) is 4.94. The van der Waals surface area contributed by atoms with Crippen LogP contribution in [0.25, 0.3) is 11.0 Å².